The van der Waals surface area contributed by atoms with Crippen molar-refractivity contribution in [3.05, 3.63) is 35.1 Å². The molecule has 0 aliphatic heterocycles. The third-order valence-corrected chi connectivity index (χ3v) is 3.53. The molecule has 3 heteroatoms. The van der Waals surface area contributed by atoms with Gasteiger partial charge in [0.15, 0.2) is 0 Å². The van der Waals surface area contributed by atoms with Gasteiger partial charge in [0.25, 0.3) is 0 Å². The highest BCUT2D eigenvalue weighted by Crippen LogP contribution is 2.26. The second kappa shape index (κ2) is 5.97. The highest BCUT2D eigenvalue weighted by Gasteiger charge is 2.19. The number of nitrogens with zero attached hydrogens (tertiary/aromatic N) is 1. The first-order valence-corrected chi connectivity index (χ1v) is 6.49. The first-order valence-electron chi connectivity index (χ1n) is 6.49. The Bertz CT molecular complexity index is 452. The molecule has 0 radical (unpaired) electrons. The van der Waals surface area contributed by atoms with Crippen LogP contribution in [-0.2, 0) is 11.3 Å². The highest BCUT2D eigenvalue weighted by molar-refractivity contribution is 5.34. The number of hydrogen-bond acceptors (Lipinski definition) is 2. The largest absolute Gasteiger partial charge is 0.374 e. The first-order chi connectivity index (χ1) is 8.69. The fourth-order valence-corrected chi connectivity index (χ4v) is 2.49. The van der Waals surface area contributed by atoms with Crippen LogP contribution in [0.25, 0.3) is 0 Å². The molecule has 1 aromatic rings. The monoisotopic (exact) mass is 247 g/mol. The van der Waals surface area contributed by atoms with Crippen molar-refractivity contribution in [2.24, 2.45) is 5.92 Å². The van der Waals surface area contributed by atoms with E-state index in [1.54, 1.807) is 12.1 Å². The van der Waals surface area contributed by atoms with Crippen LogP contribution in [0.3, 0.4) is 0 Å². The maximum absolute atomic E-state index is 13.2. The second-order valence-electron chi connectivity index (χ2n) is 5.13. The smallest absolute Gasteiger partial charge is 0.140 e. The third-order valence-electron chi connectivity index (χ3n) is 3.53. The highest BCUT2D eigenvalue weighted by atomic mass is 19.1. The summed E-state index contributed by atoms with van der Waals surface area (Å²) in [4.78, 5) is 0. The van der Waals surface area contributed by atoms with Gasteiger partial charge < -0.3 is 4.74 Å². The van der Waals surface area contributed by atoms with Gasteiger partial charge in [0.2, 0.25) is 0 Å². The van der Waals surface area contributed by atoms with Gasteiger partial charge in [-0.3, -0.25) is 0 Å². The minimum atomic E-state index is -0.465. The number of halogens is 1. The summed E-state index contributed by atoms with van der Waals surface area (Å²) in [5.41, 5.74) is 0.958. The van der Waals surface area contributed by atoms with E-state index < -0.39 is 5.82 Å². The summed E-state index contributed by atoms with van der Waals surface area (Å²) in [5.74, 6) is 0.263. The standard InChI is InChI=1S/C15H18FNO/c1-11-3-2-4-14(7-11)18-10-12-5-6-15(16)13(8-12)9-17/h5-6,8,11,14H,2-4,7,10H2,1H3. The van der Waals surface area contributed by atoms with Gasteiger partial charge in [0, 0.05) is 0 Å². The summed E-state index contributed by atoms with van der Waals surface area (Å²) in [7, 11) is 0. The van der Waals surface area contributed by atoms with E-state index >= 15 is 0 Å². The van der Waals surface area contributed by atoms with E-state index in [9.17, 15) is 4.39 Å². The van der Waals surface area contributed by atoms with E-state index in [-0.39, 0.29) is 5.56 Å². The van der Waals surface area contributed by atoms with Crippen molar-refractivity contribution >= 4 is 0 Å². The molecule has 1 saturated carbocycles. The topological polar surface area (TPSA) is 33.0 Å². The van der Waals surface area contributed by atoms with Crippen LogP contribution < -0.4 is 0 Å². The Kier molecular flexibility index (Phi) is 4.33. The van der Waals surface area contributed by atoms with E-state index in [1.165, 1.54) is 18.9 Å². The summed E-state index contributed by atoms with van der Waals surface area (Å²) in [6.45, 7) is 2.72. The molecule has 2 atom stereocenters. The van der Waals surface area contributed by atoms with Crippen LogP contribution in [0, 0.1) is 23.1 Å². The summed E-state index contributed by atoms with van der Waals surface area (Å²) < 4.78 is 19.0. The van der Waals surface area contributed by atoms with Gasteiger partial charge in [-0.15, -0.1) is 0 Å². The Morgan fingerprint density at radius 2 is 2.28 bits per heavy atom. The quantitative estimate of drug-likeness (QED) is 0.814. The predicted octanol–water partition coefficient (Wildman–Crippen LogP) is 3.79. The normalized spacial score (nSPS) is 23.6. The molecule has 0 saturated heterocycles. The molecule has 0 bridgehead atoms. The van der Waals surface area contributed by atoms with Crippen molar-refractivity contribution in [1.29, 1.82) is 5.26 Å². The Morgan fingerprint density at radius 1 is 1.44 bits per heavy atom. The lowest BCUT2D eigenvalue weighted by Crippen LogP contribution is -2.21. The number of benzene rings is 1. The zero-order valence-corrected chi connectivity index (χ0v) is 10.7. The average Bonchev–Trinajstić information content (AvgIpc) is 2.38. The molecule has 0 amide bonds. The van der Waals surface area contributed by atoms with Crippen LogP contribution >= 0.6 is 0 Å². The minimum Gasteiger partial charge on any atom is -0.374 e. The van der Waals surface area contributed by atoms with Gasteiger partial charge in [-0.25, -0.2) is 4.39 Å². The van der Waals surface area contributed by atoms with Crippen LogP contribution in [0.15, 0.2) is 18.2 Å². The summed E-state index contributed by atoms with van der Waals surface area (Å²) in [6.07, 6.45) is 5.03. The van der Waals surface area contributed by atoms with E-state index in [0.29, 0.717) is 12.7 Å². The van der Waals surface area contributed by atoms with Gasteiger partial charge in [-0.2, -0.15) is 5.26 Å². The zero-order valence-electron chi connectivity index (χ0n) is 10.7. The fourth-order valence-electron chi connectivity index (χ4n) is 2.49. The van der Waals surface area contributed by atoms with Crippen molar-refractivity contribution in [1.82, 2.24) is 0 Å². The molecule has 2 unspecified atom stereocenters. The molecule has 0 heterocycles. The SMILES string of the molecule is CC1CCCC(OCc2ccc(F)c(C#N)c2)C1. The van der Waals surface area contributed by atoms with Crippen LogP contribution in [0.1, 0.15) is 43.7 Å². The molecule has 0 spiro atoms. The lowest BCUT2D eigenvalue weighted by molar-refractivity contribution is 0.00464. The number of rotatable bonds is 3. The van der Waals surface area contributed by atoms with Crippen LogP contribution in [-0.4, -0.2) is 6.10 Å². The molecule has 1 fully saturated rings. The van der Waals surface area contributed by atoms with E-state index in [1.807, 2.05) is 6.07 Å². The summed E-state index contributed by atoms with van der Waals surface area (Å²) in [5, 5.41) is 8.76. The van der Waals surface area contributed by atoms with E-state index in [0.717, 1.165) is 24.3 Å². The average molecular weight is 247 g/mol. The number of ether oxygens (including phenoxy) is 1. The van der Waals surface area contributed by atoms with Crippen molar-refractivity contribution in [3.63, 3.8) is 0 Å². The van der Waals surface area contributed by atoms with Gasteiger partial charge in [-0.05, 0) is 36.5 Å². The molecular formula is C15H18FNO. The van der Waals surface area contributed by atoms with Crippen LogP contribution in [0.4, 0.5) is 4.39 Å². The van der Waals surface area contributed by atoms with Crippen LogP contribution in [0.2, 0.25) is 0 Å². The predicted molar refractivity (Wildman–Crippen MR) is 67.3 cm³/mol. The molecule has 2 rings (SSSR count). The zero-order chi connectivity index (χ0) is 13.0. The molecule has 1 aliphatic rings. The fraction of sp³-hybridized carbons (Fsp3) is 0.533. The molecule has 1 aliphatic carbocycles. The Labute approximate surface area is 107 Å². The van der Waals surface area contributed by atoms with Crippen molar-refractivity contribution in [2.75, 3.05) is 0 Å². The summed E-state index contributed by atoms with van der Waals surface area (Å²) >= 11 is 0. The molecule has 18 heavy (non-hydrogen) atoms. The van der Waals surface area contributed by atoms with Crippen molar-refractivity contribution < 1.29 is 9.13 Å². The molecular weight excluding hydrogens is 229 g/mol. The van der Waals surface area contributed by atoms with Crippen LogP contribution in [0.5, 0.6) is 0 Å². The maximum atomic E-state index is 13.2. The van der Waals surface area contributed by atoms with Gasteiger partial charge in [-0.1, -0.05) is 25.8 Å². The minimum absolute atomic E-state index is 0.0908. The van der Waals surface area contributed by atoms with Crippen molar-refractivity contribution in [3.8, 4) is 6.07 Å². The molecule has 96 valence electrons. The molecule has 2 nitrogen and oxygen atoms in total. The van der Waals surface area contributed by atoms with E-state index in [4.69, 9.17) is 10.00 Å². The second-order valence-corrected chi connectivity index (χ2v) is 5.13. The van der Waals surface area contributed by atoms with Gasteiger partial charge in [0.1, 0.15) is 11.9 Å². The molecule has 1 aromatic carbocycles. The Balaban J connectivity index is 1.92. The van der Waals surface area contributed by atoms with E-state index in [2.05, 4.69) is 6.92 Å². The Morgan fingerprint density at radius 3 is 3.00 bits per heavy atom. The molecule has 0 aromatic heterocycles. The number of hydrogen-bond donors (Lipinski definition) is 0. The lowest BCUT2D eigenvalue weighted by atomic mass is 9.89. The number of nitriles is 1. The lowest BCUT2D eigenvalue weighted by Gasteiger charge is -2.26. The first kappa shape index (κ1) is 13.0. The van der Waals surface area contributed by atoms with Gasteiger partial charge in [0.05, 0.1) is 18.3 Å². The Hall–Kier alpha value is -1.40. The van der Waals surface area contributed by atoms with Crippen molar-refractivity contribution in [2.45, 2.75) is 45.3 Å². The molecule has 0 N–H and O–H groups in total. The van der Waals surface area contributed by atoms with Gasteiger partial charge >= 0.3 is 0 Å². The maximum Gasteiger partial charge on any atom is 0.140 e. The third kappa shape index (κ3) is 3.30. The summed E-state index contributed by atoms with van der Waals surface area (Å²) in [6, 6.07) is 6.44.